The molecule has 0 radical (unpaired) electrons. The molecular formula is C20H19FN2O3S. The van der Waals surface area contributed by atoms with Gasteiger partial charge in [-0.25, -0.2) is 9.18 Å². The number of rotatable bonds is 4. The summed E-state index contributed by atoms with van der Waals surface area (Å²) in [4.78, 5) is 25.7. The van der Waals surface area contributed by atoms with Gasteiger partial charge < -0.3 is 4.74 Å². The van der Waals surface area contributed by atoms with Crippen molar-refractivity contribution in [2.45, 2.75) is 45.3 Å². The van der Waals surface area contributed by atoms with E-state index in [0.29, 0.717) is 24.3 Å². The molecule has 0 spiro atoms. The number of thiophene rings is 1. The molecule has 4 rings (SSSR count). The van der Waals surface area contributed by atoms with Crippen LogP contribution in [0.5, 0.6) is 0 Å². The maximum Gasteiger partial charge on any atom is 0.349 e. The van der Waals surface area contributed by atoms with Crippen LogP contribution in [-0.4, -0.2) is 27.6 Å². The van der Waals surface area contributed by atoms with Gasteiger partial charge in [-0.1, -0.05) is 12.1 Å². The largest absolute Gasteiger partial charge is 0.450 e. The van der Waals surface area contributed by atoms with Gasteiger partial charge in [0.1, 0.15) is 15.5 Å². The summed E-state index contributed by atoms with van der Waals surface area (Å²) in [5, 5.41) is 5.42. The molecule has 0 amide bonds. The highest BCUT2D eigenvalue weighted by Gasteiger charge is 2.27. The lowest BCUT2D eigenvalue weighted by molar-refractivity contribution is -0.129. The highest BCUT2D eigenvalue weighted by molar-refractivity contribution is 7.20. The number of hydrogen-bond donors (Lipinski definition) is 0. The molecule has 0 unspecified atom stereocenters. The number of nitrogens with zero attached hydrogens (tertiary/aromatic N) is 2. The average molecular weight is 386 g/mol. The zero-order chi connectivity index (χ0) is 19.0. The second-order valence-corrected chi connectivity index (χ2v) is 7.84. The SMILES string of the molecule is Cc1nn(Cc2ccc(F)cc2)c2sc(C(=O)O[C@@H]3CCCCC3=O)cc12. The monoisotopic (exact) mass is 386 g/mol. The van der Waals surface area contributed by atoms with Gasteiger partial charge in [0, 0.05) is 11.8 Å². The maximum atomic E-state index is 13.1. The Bertz CT molecular complexity index is 1010. The molecule has 0 bridgehead atoms. The van der Waals surface area contributed by atoms with Crippen LogP contribution in [0.1, 0.15) is 46.6 Å². The molecule has 2 heterocycles. The molecule has 1 aliphatic rings. The third-order valence-corrected chi connectivity index (χ3v) is 5.93. The van der Waals surface area contributed by atoms with E-state index in [9.17, 15) is 14.0 Å². The van der Waals surface area contributed by atoms with Crippen molar-refractivity contribution in [3.05, 3.63) is 52.3 Å². The Hall–Kier alpha value is -2.54. The highest BCUT2D eigenvalue weighted by atomic mass is 32.1. The van der Waals surface area contributed by atoms with E-state index < -0.39 is 12.1 Å². The van der Waals surface area contributed by atoms with Crippen molar-refractivity contribution in [2.75, 3.05) is 0 Å². The standard InChI is InChI=1S/C20H19FN2O3S/c1-12-15-10-18(20(25)26-17-5-3-2-4-16(17)24)27-19(15)23(22-12)11-13-6-8-14(21)9-7-13/h6-10,17H,2-5,11H2,1H3/t17-/m1/s1. The number of fused-ring (bicyclic) bond motifs is 1. The quantitative estimate of drug-likeness (QED) is 0.629. The lowest BCUT2D eigenvalue weighted by Gasteiger charge is -2.20. The number of ketones is 1. The summed E-state index contributed by atoms with van der Waals surface area (Å²) in [6, 6.07) is 8.05. The summed E-state index contributed by atoms with van der Waals surface area (Å²) in [6.45, 7) is 2.37. The zero-order valence-electron chi connectivity index (χ0n) is 14.9. The Labute approximate surface area is 159 Å². The van der Waals surface area contributed by atoms with Crippen LogP contribution in [0.2, 0.25) is 0 Å². The first-order chi connectivity index (χ1) is 13.0. The van der Waals surface area contributed by atoms with E-state index in [1.165, 1.54) is 23.5 Å². The van der Waals surface area contributed by atoms with Crippen molar-refractivity contribution in [1.82, 2.24) is 9.78 Å². The Morgan fingerprint density at radius 3 is 2.85 bits per heavy atom. The van der Waals surface area contributed by atoms with E-state index in [-0.39, 0.29) is 11.6 Å². The Kier molecular flexibility index (Phi) is 4.78. The van der Waals surface area contributed by atoms with E-state index in [2.05, 4.69) is 5.10 Å². The van der Waals surface area contributed by atoms with E-state index >= 15 is 0 Å². The van der Waals surface area contributed by atoms with Gasteiger partial charge in [0.2, 0.25) is 0 Å². The number of carbonyl (C=O) groups is 2. The molecule has 7 heteroatoms. The highest BCUT2D eigenvalue weighted by Crippen LogP contribution is 2.30. The molecule has 1 saturated carbocycles. The normalized spacial score (nSPS) is 17.4. The average Bonchev–Trinajstić information content (AvgIpc) is 3.21. The second kappa shape index (κ2) is 7.23. The van der Waals surface area contributed by atoms with Crippen LogP contribution in [0.15, 0.2) is 30.3 Å². The van der Waals surface area contributed by atoms with Crippen molar-refractivity contribution < 1.29 is 18.7 Å². The van der Waals surface area contributed by atoms with Crippen molar-refractivity contribution >= 4 is 33.3 Å². The lowest BCUT2D eigenvalue weighted by atomic mass is 9.96. The van der Waals surface area contributed by atoms with Crippen LogP contribution in [0.3, 0.4) is 0 Å². The first-order valence-electron chi connectivity index (χ1n) is 8.96. The second-order valence-electron chi connectivity index (χ2n) is 6.81. The molecule has 2 aromatic heterocycles. The molecule has 0 aliphatic heterocycles. The van der Waals surface area contributed by atoms with E-state index in [1.54, 1.807) is 18.2 Å². The third kappa shape index (κ3) is 3.64. The molecule has 1 aliphatic carbocycles. The molecule has 3 aromatic rings. The Morgan fingerprint density at radius 1 is 1.33 bits per heavy atom. The fraction of sp³-hybridized carbons (Fsp3) is 0.350. The number of aromatic nitrogens is 2. The van der Waals surface area contributed by atoms with Crippen LogP contribution in [0.4, 0.5) is 4.39 Å². The number of halogens is 1. The van der Waals surface area contributed by atoms with E-state index in [1.807, 2.05) is 11.6 Å². The van der Waals surface area contributed by atoms with Crippen LogP contribution in [0, 0.1) is 12.7 Å². The number of aryl methyl sites for hydroxylation is 1. The molecule has 5 nitrogen and oxygen atoms in total. The van der Waals surface area contributed by atoms with Gasteiger partial charge in [0.25, 0.3) is 0 Å². The maximum absolute atomic E-state index is 13.1. The summed E-state index contributed by atoms with van der Waals surface area (Å²) in [5.41, 5.74) is 1.74. The smallest absolute Gasteiger partial charge is 0.349 e. The van der Waals surface area contributed by atoms with Gasteiger partial charge in [0.15, 0.2) is 11.9 Å². The fourth-order valence-corrected chi connectivity index (χ4v) is 4.39. The van der Waals surface area contributed by atoms with Gasteiger partial charge in [-0.05, 0) is 49.9 Å². The molecule has 0 saturated heterocycles. The van der Waals surface area contributed by atoms with Crippen molar-refractivity contribution in [3.8, 4) is 0 Å². The molecule has 140 valence electrons. The van der Waals surface area contributed by atoms with Gasteiger partial charge >= 0.3 is 5.97 Å². The molecule has 0 N–H and O–H groups in total. The number of carbonyl (C=O) groups excluding carboxylic acids is 2. The van der Waals surface area contributed by atoms with Crippen LogP contribution >= 0.6 is 11.3 Å². The van der Waals surface area contributed by atoms with Crippen molar-refractivity contribution in [2.24, 2.45) is 0 Å². The summed E-state index contributed by atoms with van der Waals surface area (Å²) < 4.78 is 20.4. The predicted octanol–water partition coefficient (Wildman–Crippen LogP) is 4.26. The third-order valence-electron chi connectivity index (χ3n) is 4.80. The minimum absolute atomic E-state index is 0.00868. The molecule has 1 atom stereocenters. The summed E-state index contributed by atoms with van der Waals surface area (Å²) >= 11 is 1.31. The van der Waals surface area contributed by atoms with Crippen LogP contribution < -0.4 is 0 Å². The minimum atomic E-state index is -0.617. The van der Waals surface area contributed by atoms with Crippen LogP contribution in [-0.2, 0) is 16.1 Å². The Morgan fingerprint density at radius 2 is 2.11 bits per heavy atom. The predicted molar refractivity (Wildman–Crippen MR) is 101 cm³/mol. The minimum Gasteiger partial charge on any atom is -0.450 e. The lowest BCUT2D eigenvalue weighted by Crippen LogP contribution is -2.29. The summed E-state index contributed by atoms with van der Waals surface area (Å²) in [5.74, 6) is -0.725. The number of hydrogen-bond acceptors (Lipinski definition) is 5. The van der Waals surface area contributed by atoms with E-state index in [4.69, 9.17) is 4.74 Å². The van der Waals surface area contributed by atoms with Crippen LogP contribution in [0.25, 0.3) is 10.2 Å². The molecule has 27 heavy (non-hydrogen) atoms. The fourth-order valence-electron chi connectivity index (χ4n) is 3.35. The van der Waals surface area contributed by atoms with Crippen molar-refractivity contribution in [3.63, 3.8) is 0 Å². The number of Topliss-reactive ketones (excluding diaryl/α,β-unsaturated/α-hetero) is 1. The summed E-state index contributed by atoms with van der Waals surface area (Å²) in [7, 11) is 0. The van der Waals surface area contributed by atoms with Gasteiger partial charge in [-0.2, -0.15) is 5.10 Å². The first kappa shape index (κ1) is 17.9. The van der Waals surface area contributed by atoms with E-state index in [0.717, 1.165) is 34.3 Å². The molecule has 1 aromatic carbocycles. The molecule has 1 fully saturated rings. The number of esters is 1. The topological polar surface area (TPSA) is 61.2 Å². The molecular weight excluding hydrogens is 367 g/mol. The zero-order valence-corrected chi connectivity index (χ0v) is 15.7. The van der Waals surface area contributed by atoms with Crippen molar-refractivity contribution in [1.29, 1.82) is 0 Å². The number of ether oxygens (including phenoxy) is 1. The van der Waals surface area contributed by atoms with Gasteiger partial charge in [-0.15, -0.1) is 11.3 Å². The number of benzene rings is 1. The first-order valence-corrected chi connectivity index (χ1v) is 9.78. The summed E-state index contributed by atoms with van der Waals surface area (Å²) in [6.07, 6.45) is 2.24. The van der Waals surface area contributed by atoms with Gasteiger partial charge in [-0.3, -0.25) is 9.48 Å². The Balaban J connectivity index is 1.57. The van der Waals surface area contributed by atoms with Gasteiger partial charge in [0.05, 0.1) is 12.2 Å².